The molecular formula is C21H36O2. The van der Waals surface area contributed by atoms with Gasteiger partial charge in [0.1, 0.15) is 0 Å². The van der Waals surface area contributed by atoms with Gasteiger partial charge in [0.25, 0.3) is 0 Å². The largest absolute Gasteiger partial charge is 0.346 e. The van der Waals surface area contributed by atoms with Gasteiger partial charge in [0.05, 0.1) is 12.2 Å². The molecule has 3 saturated carbocycles. The number of hydrogen-bond acceptors (Lipinski definition) is 2. The van der Waals surface area contributed by atoms with Crippen LogP contribution in [0.25, 0.3) is 0 Å². The quantitative estimate of drug-likeness (QED) is 0.650. The predicted octanol–water partition coefficient (Wildman–Crippen LogP) is 5.84. The van der Waals surface area contributed by atoms with Gasteiger partial charge in [0.15, 0.2) is 6.29 Å². The molecule has 2 heteroatoms. The Morgan fingerprint density at radius 3 is 1.13 bits per heavy atom. The van der Waals surface area contributed by atoms with E-state index in [1.807, 2.05) is 0 Å². The summed E-state index contributed by atoms with van der Waals surface area (Å²) in [5, 5.41) is 0. The van der Waals surface area contributed by atoms with Crippen molar-refractivity contribution >= 4 is 0 Å². The summed E-state index contributed by atoms with van der Waals surface area (Å²) in [6.45, 7) is 0. The summed E-state index contributed by atoms with van der Waals surface area (Å²) >= 11 is 0. The van der Waals surface area contributed by atoms with Gasteiger partial charge in [0, 0.05) is 5.92 Å². The summed E-state index contributed by atoms with van der Waals surface area (Å²) in [5.74, 6) is 2.25. The molecule has 1 heterocycles. The third-order valence-corrected chi connectivity index (χ3v) is 7.17. The van der Waals surface area contributed by atoms with Crippen LogP contribution in [-0.4, -0.2) is 18.5 Å². The Hall–Kier alpha value is -0.0800. The Bertz CT molecular complexity index is 325. The van der Waals surface area contributed by atoms with Crippen molar-refractivity contribution in [3.63, 3.8) is 0 Å². The first-order valence-corrected chi connectivity index (χ1v) is 10.7. The number of ether oxygens (including phenoxy) is 2. The van der Waals surface area contributed by atoms with E-state index >= 15 is 0 Å². The zero-order valence-electron chi connectivity index (χ0n) is 14.9. The standard InChI is InChI=1S/C21H36O2/c1-4-10-16(11-5-1)19-20(17-12-6-2-7-13-17)23-21(22-19)18-14-8-3-9-15-18/h16-21H,1-15H2. The highest BCUT2D eigenvalue weighted by atomic mass is 16.7. The summed E-state index contributed by atoms with van der Waals surface area (Å²) < 4.78 is 13.4. The van der Waals surface area contributed by atoms with E-state index in [0.717, 1.165) is 11.8 Å². The van der Waals surface area contributed by atoms with Crippen LogP contribution in [-0.2, 0) is 9.47 Å². The highest BCUT2D eigenvalue weighted by Crippen LogP contribution is 2.44. The summed E-state index contributed by atoms with van der Waals surface area (Å²) in [7, 11) is 0. The second-order valence-corrected chi connectivity index (χ2v) is 8.76. The lowest BCUT2D eigenvalue weighted by Gasteiger charge is -2.34. The lowest BCUT2D eigenvalue weighted by Crippen LogP contribution is -2.38. The van der Waals surface area contributed by atoms with Gasteiger partial charge >= 0.3 is 0 Å². The third kappa shape index (κ3) is 3.79. The van der Waals surface area contributed by atoms with Crippen molar-refractivity contribution in [3.05, 3.63) is 0 Å². The summed E-state index contributed by atoms with van der Waals surface area (Å²) in [4.78, 5) is 0. The van der Waals surface area contributed by atoms with Crippen LogP contribution in [0, 0.1) is 17.8 Å². The SMILES string of the molecule is C1CCC(C2OC(C3CCCCC3)C(C3CCCCC3)O2)CC1. The Kier molecular flexibility index (Phi) is 5.61. The molecule has 0 spiro atoms. The minimum atomic E-state index is 0.133. The molecule has 2 unspecified atom stereocenters. The van der Waals surface area contributed by atoms with Gasteiger partial charge in [-0.15, -0.1) is 0 Å². The average Bonchev–Trinajstić information content (AvgIpc) is 3.09. The molecule has 1 saturated heterocycles. The highest BCUT2D eigenvalue weighted by molar-refractivity contribution is 4.91. The first kappa shape index (κ1) is 16.4. The molecule has 0 amide bonds. The second kappa shape index (κ2) is 7.87. The number of rotatable bonds is 3. The molecule has 4 fully saturated rings. The van der Waals surface area contributed by atoms with Gasteiger partial charge in [-0.05, 0) is 50.4 Å². The maximum atomic E-state index is 6.68. The molecule has 0 radical (unpaired) electrons. The van der Waals surface area contributed by atoms with E-state index in [0.29, 0.717) is 18.1 Å². The van der Waals surface area contributed by atoms with Crippen LogP contribution in [0.4, 0.5) is 0 Å². The molecule has 1 aliphatic heterocycles. The minimum absolute atomic E-state index is 0.133. The van der Waals surface area contributed by atoms with E-state index in [-0.39, 0.29) is 6.29 Å². The molecule has 0 aromatic carbocycles. The van der Waals surface area contributed by atoms with Crippen molar-refractivity contribution in [3.8, 4) is 0 Å². The Balaban J connectivity index is 1.45. The van der Waals surface area contributed by atoms with E-state index < -0.39 is 0 Å². The van der Waals surface area contributed by atoms with Gasteiger partial charge in [-0.2, -0.15) is 0 Å². The number of hydrogen-bond donors (Lipinski definition) is 0. The van der Waals surface area contributed by atoms with Crippen molar-refractivity contribution in [2.24, 2.45) is 17.8 Å². The fourth-order valence-corrected chi connectivity index (χ4v) is 5.81. The fraction of sp³-hybridized carbons (Fsp3) is 1.00. The zero-order valence-corrected chi connectivity index (χ0v) is 14.9. The fourth-order valence-electron chi connectivity index (χ4n) is 5.81. The van der Waals surface area contributed by atoms with Crippen molar-refractivity contribution < 1.29 is 9.47 Å². The lowest BCUT2D eigenvalue weighted by molar-refractivity contribution is -0.121. The molecule has 4 rings (SSSR count). The second-order valence-electron chi connectivity index (χ2n) is 8.76. The molecule has 4 aliphatic rings. The van der Waals surface area contributed by atoms with E-state index in [1.165, 1.54) is 96.3 Å². The highest BCUT2D eigenvalue weighted by Gasteiger charge is 2.46. The van der Waals surface area contributed by atoms with Crippen LogP contribution in [0.15, 0.2) is 0 Å². The maximum absolute atomic E-state index is 6.68. The summed E-state index contributed by atoms with van der Waals surface area (Å²) in [6, 6.07) is 0. The van der Waals surface area contributed by atoms with Crippen LogP contribution in [0.3, 0.4) is 0 Å². The molecule has 0 aromatic heterocycles. The van der Waals surface area contributed by atoms with Gasteiger partial charge < -0.3 is 9.47 Å². The molecule has 0 bridgehead atoms. The Morgan fingerprint density at radius 2 is 0.739 bits per heavy atom. The minimum Gasteiger partial charge on any atom is -0.346 e. The molecule has 2 atom stereocenters. The molecule has 0 N–H and O–H groups in total. The van der Waals surface area contributed by atoms with E-state index in [2.05, 4.69) is 0 Å². The molecule has 132 valence electrons. The van der Waals surface area contributed by atoms with E-state index in [9.17, 15) is 0 Å². The van der Waals surface area contributed by atoms with Crippen molar-refractivity contribution in [2.75, 3.05) is 0 Å². The maximum Gasteiger partial charge on any atom is 0.161 e. The molecular weight excluding hydrogens is 284 g/mol. The van der Waals surface area contributed by atoms with E-state index in [1.54, 1.807) is 0 Å². The van der Waals surface area contributed by atoms with Gasteiger partial charge in [-0.3, -0.25) is 0 Å². The third-order valence-electron chi connectivity index (χ3n) is 7.17. The Morgan fingerprint density at radius 1 is 0.391 bits per heavy atom. The smallest absolute Gasteiger partial charge is 0.161 e. The molecule has 23 heavy (non-hydrogen) atoms. The van der Waals surface area contributed by atoms with E-state index in [4.69, 9.17) is 9.47 Å². The average molecular weight is 321 g/mol. The van der Waals surface area contributed by atoms with Crippen molar-refractivity contribution in [1.29, 1.82) is 0 Å². The van der Waals surface area contributed by atoms with Crippen LogP contribution in [0.5, 0.6) is 0 Å². The first-order chi connectivity index (χ1) is 11.4. The first-order valence-electron chi connectivity index (χ1n) is 10.7. The van der Waals surface area contributed by atoms with Crippen molar-refractivity contribution in [2.45, 2.75) is 115 Å². The topological polar surface area (TPSA) is 18.5 Å². The summed E-state index contributed by atoms with van der Waals surface area (Å²) in [6.07, 6.45) is 21.9. The summed E-state index contributed by atoms with van der Waals surface area (Å²) in [5.41, 5.74) is 0. The van der Waals surface area contributed by atoms with Gasteiger partial charge in [-0.25, -0.2) is 0 Å². The van der Waals surface area contributed by atoms with Gasteiger partial charge in [-0.1, -0.05) is 57.8 Å². The monoisotopic (exact) mass is 320 g/mol. The van der Waals surface area contributed by atoms with Crippen LogP contribution >= 0.6 is 0 Å². The Labute approximate surface area is 142 Å². The molecule has 2 nitrogen and oxygen atoms in total. The van der Waals surface area contributed by atoms with Gasteiger partial charge in [0.2, 0.25) is 0 Å². The zero-order chi connectivity index (χ0) is 15.5. The molecule has 0 aromatic rings. The molecule has 3 aliphatic carbocycles. The van der Waals surface area contributed by atoms with Crippen LogP contribution < -0.4 is 0 Å². The normalized spacial score (nSPS) is 38.9. The van der Waals surface area contributed by atoms with Crippen LogP contribution in [0.1, 0.15) is 96.3 Å². The van der Waals surface area contributed by atoms with Crippen molar-refractivity contribution in [1.82, 2.24) is 0 Å². The predicted molar refractivity (Wildman–Crippen MR) is 93.3 cm³/mol. The lowest BCUT2D eigenvalue weighted by atomic mass is 9.77. The van der Waals surface area contributed by atoms with Crippen LogP contribution in [0.2, 0.25) is 0 Å².